The topological polar surface area (TPSA) is 97.3 Å². The van der Waals surface area contributed by atoms with E-state index in [1.807, 2.05) is 26.0 Å². The zero-order valence-electron chi connectivity index (χ0n) is 12.0. The van der Waals surface area contributed by atoms with Gasteiger partial charge in [0.25, 0.3) is 0 Å². The summed E-state index contributed by atoms with van der Waals surface area (Å²) in [6.07, 6.45) is 2.34. The number of anilines is 1. The van der Waals surface area contributed by atoms with Gasteiger partial charge in [-0.2, -0.15) is 0 Å². The minimum Gasteiger partial charge on any atom is -0.383 e. The van der Waals surface area contributed by atoms with Gasteiger partial charge in [-0.3, -0.25) is 9.69 Å². The average molecular weight is 277 g/mol. The largest absolute Gasteiger partial charge is 0.383 e. The number of hydrogen-bond acceptors (Lipinski definition) is 5. The lowest BCUT2D eigenvalue weighted by molar-refractivity contribution is -0.126. The van der Waals surface area contributed by atoms with E-state index < -0.39 is 0 Å². The van der Waals surface area contributed by atoms with Crippen molar-refractivity contribution in [2.75, 3.05) is 12.3 Å². The van der Waals surface area contributed by atoms with E-state index in [9.17, 15) is 4.79 Å². The predicted molar refractivity (Wildman–Crippen MR) is 78.7 cm³/mol. The third-order valence-corrected chi connectivity index (χ3v) is 3.47. The Morgan fingerprint density at radius 1 is 1.60 bits per heavy atom. The van der Waals surface area contributed by atoms with Crippen molar-refractivity contribution in [3.8, 4) is 0 Å². The van der Waals surface area contributed by atoms with Gasteiger partial charge in [0, 0.05) is 36.9 Å². The molecule has 0 saturated carbocycles. The Kier molecular flexibility index (Phi) is 4.57. The highest BCUT2D eigenvalue weighted by atomic mass is 16.2. The number of likely N-dealkylation sites (tertiary alicyclic amines) is 1. The van der Waals surface area contributed by atoms with Gasteiger partial charge in [-0.25, -0.2) is 4.98 Å². The Bertz CT molecular complexity index is 476. The molecule has 5 N–H and O–H groups in total. The minimum absolute atomic E-state index is 0.0239. The van der Waals surface area contributed by atoms with Crippen LogP contribution in [0.4, 0.5) is 5.82 Å². The molecule has 1 aromatic rings. The molecule has 2 rings (SSSR count). The van der Waals surface area contributed by atoms with Gasteiger partial charge in [0.05, 0.1) is 6.04 Å². The van der Waals surface area contributed by atoms with Crippen LogP contribution in [0.3, 0.4) is 0 Å². The summed E-state index contributed by atoms with van der Waals surface area (Å²) in [5, 5.41) is 2.95. The molecule has 1 aliphatic rings. The molecular formula is C14H23N5O. The zero-order chi connectivity index (χ0) is 14.7. The van der Waals surface area contributed by atoms with Crippen molar-refractivity contribution < 1.29 is 4.79 Å². The molecule has 6 nitrogen and oxygen atoms in total. The van der Waals surface area contributed by atoms with Gasteiger partial charge in [0.15, 0.2) is 0 Å². The fourth-order valence-electron chi connectivity index (χ4n) is 2.57. The highest BCUT2D eigenvalue weighted by molar-refractivity contribution is 5.82. The van der Waals surface area contributed by atoms with Crippen LogP contribution in [-0.4, -0.2) is 40.5 Å². The number of amides is 1. The smallest absolute Gasteiger partial charge is 0.237 e. The molecular weight excluding hydrogens is 254 g/mol. The molecule has 110 valence electrons. The van der Waals surface area contributed by atoms with Gasteiger partial charge in [0.2, 0.25) is 5.91 Å². The minimum atomic E-state index is -0.188. The molecule has 20 heavy (non-hydrogen) atoms. The van der Waals surface area contributed by atoms with Crippen LogP contribution in [-0.2, 0) is 11.3 Å². The van der Waals surface area contributed by atoms with E-state index in [0.29, 0.717) is 25.3 Å². The summed E-state index contributed by atoms with van der Waals surface area (Å²) in [5.41, 5.74) is 12.8. The standard InChI is InChI=1S/C14H23N5O/c1-9(2)18-14(20)12-6-11(15)8-19(12)7-10-4-3-5-17-13(10)16/h3-5,9,11-12H,6-8,15H2,1-2H3,(H2,16,17)(H,18,20)/t11-,12+/m1/s1. The second-order valence-electron chi connectivity index (χ2n) is 5.65. The SMILES string of the molecule is CC(C)NC(=O)[C@@H]1C[C@@H](N)CN1Cc1cccnc1N. The molecule has 1 amide bonds. The first kappa shape index (κ1) is 14.7. The molecule has 2 atom stereocenters. The average Bonchev–Trinajstić information content (AvgIpc) is 2.72. The zero-order valence-corrected chi connectivity index (χ0v) is 12.0. The number of carbonyl (C=O) groups is 1. The number of pyridine rings is 1. The second kappa shape index (κ2) is 6.19. The van der Waals surface area contributed by atoms with Crippen LogP contribution < -0.4 is 16.8 Å². The van der Waals surface area contributed by atoms with E-state index in [0.717, 1.165) is 5.56 Å². The van der Waals surface area contributed by atoms with Crippen molar-refractivity contribution in [2.24, 2.45) is 5.73 Å². The molecule has 0 aromatic carbocycles. The van der Waals surface area contributed by atoms with E-state index in [2.05, 4.69) is 15.2 Å². The summed E-state index contributed by atoms with van der Waals surface area (Å²) in [5.74, 6) is 0.548. The van der Waals surface area contributed by atoms with Gasteiger partial charge < -0.3 is 16.8 Å². The summed E-state index contributed by atoms with van der Waals surface area (Å²) in [6.45, 7) is 5.21. The Morgan fingerprint density at radius 2 is 2.35 bits per heavy atom. The molecule has 1 aliphatic heterocycles. The normalized spacial score (nSPS) is 23.2. The van der Waals surface area contributed by atoms with Crippen LogP contribution in [0.15, 0.2) is 18.3 Å². The fraction of sp³-hybridized carbons (Fsp3) is 0.571. The van der Waals surface area contributed by atoms with Crippen molar-refractivity contribution in [3.05, 3.63) is 23.9 Å². The molecule has 2 heterocycles. The quantitative estimate of drug-likeness (QED) is 0.724. The number of aromatic nitrogens is 1. The summed E-state index contributed by atoms with van der Waals surface area (Å²) in [7, 11) is 0. The lowest BCUT2D eigenvalue weighted by Crippen LogP contribution is -2.45. The fourth-order valence-corrected chi connectivity index (χ4v) is 2.57. The molecule has 1 aromatic heterocycles. The van der Waals surface area contributed by atoms with Crippen molar-refractivity contribution >= 4 is 11.7 Å². The molecule has 1 fully saturated rings. The van der Waals surface area contributed by atoms with Crippen LogP contribution in [0.2, 0.25) is 0 Å². The summed E-state index contributed by atoms with van der Waals surface area (Å²) < 4.78 is 0. The molecule has 0 spiro atoms. The van der Waals surface area contributed by atoms with Gasteiger partial charge in [-0.1, -0.05) is 6.07 Å². The van der Waals surface area contributed by atoms with Crippen LogP contribution in [0.5, 0.6) is 0 Å². The van der Waals surface area contributed by atoms with Crippen molar-refractivity contribution in [3.63, 3.8) is 0 Å². The van der Waals surface area contributed by atoms with Crippen LogP contribution in [0.1, 0.15) is 25.8 Å². The number of hydrogen-bond donors (Lipinski definition) is 3. The first-order chi connectivity index (χ1) is 9.47. The molecule has 0 radical (unpaired) electrons. The Hall–Kier alpha value is -1.66. The Labute approximate surface area is 119 Å². The Morgan fingerprint density at radius 3 is 3.00 bits per heavy atom. The van der Waals surface area contributed by atoms with E-state index >= 15 is 0 Å². The molecule has 0 unspecified atom stereocenters. The van der Waals surface area contributed by atoms with Gasteiger partial charge >= 0.3 is 0 Å². The third kappa shape index (κ3) is 3.46. The molecule has 1 saturated heterocycles. The highest BCUT2D eigenvalue weighted by Gasteiger charge is 2.35. The lowest BCUT2D eigenvalue weighted by atomic mass is 10.1. The van der Waals surface area contributed by atoms with Gasteiger partial charge in [-0.15, -0.1) is 0 Å². The maximum atomic E-state index is 12.2. The molecule has 6 heteroatoms. The second-order valence-corrected chi connectivity index (χ2v) is 5.65. The maximum absolute atomic E-state index is 12.2. The predicted octanol–water partition coefficient (Wildman–Crippen LogP) is 0.0900. The first-order valence-electron chi connectivity index (χ1n) is 6.96. The van der Waals surface area contributed by atoms with Crippen LogP contribution in [0.25, 0.3) is 0 Å². The molecule has 0 bridgehead atoms. The first-order valence-corrected chi connectivity index (χ1v) is 6.96. The maximum Gasteiger partial charge on any atom is 0.237 e. The Balaban J connectivity index is 2.09. The molecule has 0 aliphatic carbocycles. The van der Waals surface area contributed by atoms with E-state index in [-0.39, 0.29) is 24.0 Å². The highest BCUT2D eigenvalue weighted by Crippen LogP contribution is 2.21. The van der Waals surface area contributed by atoms with E-state index in [1.54, 1.807) is 6.20 Å². The number of rotatable bonds is 4. The van der Waals surface area contributed by atoms with Gasteiger partial charge in [-0.05, 0) is 26.3 Å². The van der Waals surface area contributed by atoms with Crippen LogP contribution in [0, 0.1) is 0 Å². The number of carbonyl (C=O) groups excluding carboxylic acids is 1. The van der Waals surface area contributed by atoms with Crippen LogP contribution >= 0.6 is 0 Å². The van der Waals surface area contributed by atoms with E-state index in [4.69, 9.17) is 11.5 Å². The summed E-state index contributed by atoms with van der Waals surface area (Å²) in [4.78, 5) is 18.4. The number of nitrogens with zero attached hydrogens (tertiary/aromatic N) is 2. The number of nitrogens with one attached hydrogen (secondary N) is 1. The van der Waals surface area contributed by atoms with Crippen molar-refractivity contribution in [2.45, 2.75) is 44.9 Å². The van der Waals surface area contributed by atoms with Gasteiger partial charge in [0.1, 0.15) is 5.82 Å². The number of nitrogen functional groups attached to an aromatic ring is 1. The summed E-state index contributed by atoms with van der Waals surface area (Å²) >= 11 is 0. The summed E-state index contributed by atoms with van der Waals surface area (Å²) in [6, 6.07) is 3.75. The van der Waals surface area contributed by atoms with Crippen molar-refractivity contribution in [1.29, 1.82) is 0 Å². The monoisotopic (exact) mass is 277 g/mol. The lowest BCUT2D eigenvalue weighted by Gasteiger charge is -2.24. The third-order valence-electron chi connectivity index (χ3n) is 3.47. The van der Waals surface area contributed by atoms with E-state index in [1.165, 1.54) is 0 Å². The van der Waals surface area contributed by atoms with Crippen molar-refractivity contribution in [1.82, 2.24) is 15.2 Å². The number of nitrogens with two attached hydrogens (primary N) is 2.